The Labute approximate surface area is 143 Å². The van der Waals surface area contributed by atoms with Gasteiger partial charge < -0.3 is 5.32 Å². The van der Waals surface area contributed by atoms with E-state index in [1.807, 2.05) is 0 Å². The zero-order valence-corrected chi connectivity index (χ0v) is 15.2. The number of aromatic nitrogens is 2. The van der Waals surface area contributed by atoms with E-state index < -0.39 is 0 Å². The summed E-state index contributed by atoms with van der Waals surface area (Å²) in [7, 11) is 3.19. The Kier molecular flexibility index (Phi) is 5.78. The van der Waals surface area contributed by atoms with Crippen LogP contribution < -0.4 is 16.6 Å². The number of rotatable bonds is 6. The van der Waals surface area contributed by atoms with Gasteiger partial charge in [0.25, 0.3) is 5.56 Å². The first kappa shape index (κ1) is 18.2. The van der Waals surface area contributed by atoms with Crippen LogP contribution in [-0.4, -0.2) is 9.13 Å². The van der Waals surface area contributed by atoms with Gasteiger partial charge in [0.15, 0.2) is 0 Å². The van der Waals surface area contributed by atoms with Crippen LogP contribution in [0.2, 0.25) is 0 Å². The molecular formula is C19H27N3O2. The Bertz CT molecular complexity index is 801. The number of benzene rings is 1. The van der Waals surface area contributed by atoms with E-state index in [0.29, 0.717) is 18.2 Å². The third-order valence-electron chi connectivity index (χ3n) is 4.54. The SMILES string of the molecule is CCc1ccc([C@@H](NCc2cc(=O)n(C)c(=O)n2C)C(C)C)cc1. The van der Waals surface area contributed by atoms with Crippen LogP contribution in [0.25, 0.3) is 0 Å². The van der Waals surface area contributed by atoms with E-state index in [-0.39, 0.29) is 17.3 Å². The Hall–Kier alpha value is -2.14. The number of aryl methyl sites for hydroxylation is 1. The summed E-state index contributed by atoms with van der Waals surface area (Å²) in [6.45, 7) is 6.94. The van der Waals surface area contributed by atoms with E-state index in [1.54, 1.807) is 7.05 Å². The van der Waals surface area contributed by atoms with Crippen LogP contribution in [0.3, 0.4) is 0 Å². The van der Waals surface area contributed by atoms with Gasteiger partial charge in [0.1, 0.15) is 0 Å². The Morgan fingerprint density at radius 1 is 1.04 bits per heavy atom. The molecule has 0 aliphatic carbocycles. The summed E-state index contributed by atoms with van der Waals surface area (Å²) in [5.41, 5.74) is 2.65. The molecule has 2 aromatic rings. The summed E-state index contributed by atoms with van der Waals surface area (Å²) in [5.74, 6) is 0.390. The lowest BCUT2D eigenvalue weighted by Gasteiger charge is -2.24. The van der Waals surface area contributed by atoms with Gasteiger partial charge >= 0.3 is 5.69 Å². The molecule has 0 saturated heterocycles. The third kappa shape index (κ3) is 3.85. The molecule has 0 aliphatic rings. The van der Waals surface area contributed by atoms with Crippen LogP contribution in [-0.2, 0) is 27.1 Å². The molecule has 1 N–H and O–H groups in total. The molecule has 5 nitrogen and oxygen atoms in total. The molecule has 5 heteroatoms. The molecule has 0 aliphatic heterocycles. The van der Waals surface area contributed by atoms with Crippen molar-refractivity contribution in [2.45, 2.75) is 39.8 Å². The maximum absolute atomic E-state index is 12.0. The molecule has 1 atom stereocenters. The molecule has 0 bridgehead atoms. The minimum Gasteiger partial charge on any atom is -0.304 e. The fourth-order valence-corrected chi connectivity index (χ4v) is 2.86. The molecule has 0 amide bonds. The second-order valence-electron chi connectivity index (χ2n) is 6.57. The Balaban J connectivity index is 2.23. The molecule has 0 radical (unpaired) electrons. The predicted octanol–water partition coefficient (Wildman–Crippen LogP) is 2.13. The first-order valence-corrected chi connectivity index (χ1v) is 8.43. The summed E-state index contributed by atoms with van der Waals surface area (Å²) in [4.78, 5) is 23.9. The van der Waals surface area contributed by atoms with Crippen LogP contribution in [0.15, 0.2) is 39.9 Å². The molecule has 2 rings (SSSR count). The minimum atomic E-state index is -0.298. The normalized spacial score (nSPS) is 12.6. The monoisotopic (exact) mass is 329 g/mol. The van der Waals surface area contributed by atoms with Crippen LogP contribution in [0.4, 0.5) is 0 Å². The first-order valence-electron chi connectivity index (χ1n) is 8.43. The molecule has 1 aromatic heterocycles. The molecular weight excluding hydrogens is 302 g/mol. The summed E-state index contributed by atoms with van der Waals surface area (Å²) >= 11 is 0. The van der Waals surface area contributed by atoms with Crippen molar-refractivity contribution in [3.05, 3.63) is 68.0 Å². The van der Waals surface area contributed by atoms with Gasteiger partial charge in [-0.15, -0.1) is 0 Å². The van der Waals surface area contributed by atoms with Crippen molar-refractivity contribution < 1.29 is 0 Å². The second-order valence-corrected chi connectivity index (χ2v) is 6.57. The molecule has 1 aromatic carbocycles. The topological polar surface area (TPSA) is 56.0 Å². The molecule has 0 spiro atoms. The molecule has 0 fully saturated rings. The number of hydrogen-bond acceptors (Lipinski definition) is 3. The van der Waals surface area contributed by atoms with Crippen LogP contribution in [0.1, 0.15) is 43.6 Å². The molecule has 1 heterocycles. The maximum Gasteiger partial charge on any atom is 0.330 e. The van der Waals surface area contributed by atoms with E-state index in [2.05, 4.69) is 50.4 Å². The average Bonchev–Trinajstić information content (AvgIpc) is 2.57. The fourth-order valence-electron chi connectivity index (χ4n) is 2.86. The lowest BCUT2D eigenvalue weighted by Crippen LogP contribution is -2.39. The maximum atomic E-state index is 12.0. The zero-order chi connectivity index (χ0) is 17.9. The Morgan fingerprint density at radius 2 is 1.67 bits per heavy atom. The van der Waals surface area contributed by atoms with E-state index in [1.165, 1.54) is 28.8 Å². The largest absolute Gasteiger partial charge is 0.330 e. The smallest absolute Gasteiger partial charge is 0.304 e. The summed E-state index contributed by atoms with van der Waals surface area (Å²) in [5, 5.41) is 3.50. The van der Waals surface area contributed by atoms with Crippen molar-refractivity contribution in [3.63, 3.8) is 0 Å². The highest BCUT2D eigenvalue weighted by atomic mass is 16.2. The van der Waals surface area contributed by atoms with Gasteiger partial charge in [0.2, 0.25) is 0 Å². The van der Waals surface area contributed by atoms with Gasteiger partial charge in [0, 0.05) is 38.4 Å². The minimum absolute atomic E-state index is 0.162. The van der Waals surface area contributed by atoms with Gasteiger partial charge in [-0.05, 0) is 23.5 Å². The zero-order valence-electron chi connectivity index (χ0n) is 15.2. The number of nitrogens with one attached hydrogen (secondary N) is 1. The third-order valence-corrected chi connectivity index (χ3v) is 4.54. The fraction of sp³-hybridized carbons (Fsp3) is 0.474. The lowest BCUT2D eigenvalue weighted by molar-refractivity contribution is 0.403. The van der Waals surface area contributed by atoms with Crippen molar-refractivity contribution in [3.8, 4) is 0 Å². The molecule has 130 valence electrons. The van der Waals surface area contributed by atoms with Crippen molar-refractivity contribution in [1.82, 2.24) is 14.5 Å². The highest BCUT2D eigenvalue weighted by Gasteiger charge is 2.16. The Morgan fingerprint density at radius 3 is 2.21 bits per heavy atom. The molecule has 0 unspecified atom stereocenters. The van der Waals surface area contributed by atoms with E-state index in [9.17, 15) is 9.59 Å². The van der Waals surface area contributed by atoms with Gasteiger partial charge in [-0.2, -0.15) is 0 Å². The summed E-state index contributed by atoms with van der Waals surface area (Å²) < 4.78 is 2.64. The quantitative estimate of drug-likeness (QED) is 0.883. The van der Waals surface area contributed by atoms with E-state index in [4.69, 9.17) is 0 Å². The number of nitrogens with zero attached hydrogens (tertiary/aromatic N) is 2. The second kappa shape index (κ2) is 7.62. The average molecular weight is 329 g/mol. The summed E-state index contributed by atoms with van der Waals surface area (Å²) in [6.07, 6.45) is 1.02. The van der Waals surface area contributed by atoms with Crippen molar-refractivity contribution in [2.75, 3.05) is 0 Å². The highest BCUT2D eigenvalue weighted by Crippen LogP contribution is 2.22. The van der Waals surface area contributed by atoms with Gasteiger partial charge in [-0.25, -0.2) is 4.79 Å². The first-order chi connectivity index (χ1) is 11.3. The number of hydrogen-bond donors (Lipinski definition) is 1. The molecule has 24 heavy (non-hydrogen) atoms. The van der Waals surface area contributed by atoms with Crippen LogP contribution in [0.5, 0.6) is 0 Å². The molecule has 0 saturated carbocycles. The predicted molar refractivity (Wildman–Crippen MR) is 97.2 cm³/mol. The van der Waals surface area contributed by atoms with Gasteiger partial charge in [0.05, 0.1) is 0 Å². The van der Waals surface area contributed by atoms with Crippen LogP contribution in [0, 0.1) is 5.92 Å². The van der Waals surface area contributed by atoms with Crippen molar-refractivity contribution in [1.29, 1.82) is 0 Å². The van der Waals surface area contributed by atoms with Gasteiger partial charge in [-0.3, -0.25) is 13.9 Å². The standard InChI is InChI=1S/C19H27N3O2/c1-6-14-7-9-15(10-8-14)18(13(2)3)20-12-16-11-17(23)22(5)19(24)21(16)4/h7-11,13,18,20H,6,12H2,1-5H3/t18-/m0/s1. The van der Waals surface area contributed by atoms with E-state index >= 15 is 0 Å². The van der Waals surface area contributed by atoms with Crippen LogP contribution >= 0.6 is 0 Å². The lowest BCUT2D eigenvalue weighted by atomic mass is 9.95. The van der Waals surface area contributed by atoms with Gasteiger partial charge in [-0.1, -0.05) is 45.0 Å². The van der Waals surface area contributed by atoms with E-state index in [0.717, 1.165) is 11.0 Å². The van der Waals surface area contributed by atoms with Crippen molar-refractivity contribution in [2.24, 2.45) is 20.0 Å². The highest BCUT2D eigenvalue weighted by molar-refractivity contribution is 5.25. The summed E-state index contributed by atoms with van der Waals surface area (Å²) in [6, 6.07) is 10.3. The van der Waals surface area contributed by atoms with Crippen molar-refractivity contribution >= 4 is 0 Å².